The van der Waals surface area contributed by atoms with Crippen molar-refractivity contribution < 1.29 is 4.84 Å². The molecule has 1 radical (unpaired) electrons. The summed E-state index contributed by atoms with van der Waals surface area (Å²) in [6.45, 7) is 2.92. The molecule has 21 heavy (non-hydrogen) atoms. The predicted octanol–water partition coefficient (Wildman–Crippen LogP) is 5.54. The Labute approximate surface area is 129 Å². The lowest BCUT2D eigenvalue weighted by Gasteiger charge is -2.23. The molecule has 115 valence electrons. The smallest absolute Gasteiger partial charge is 0.139 e. The Bertz CT molecular complexity index is 421. The van der Waals surface area contributed by atoms with Gasteiger partial charge < -0.3 is 4.84 Å². The second-order valence-electron chi connectivity index (χ2n) is 6.02. The van der Waals surface area contributed by atoms with Crippen molar-refractivity contribution in [3.63, 3.8) is 0 Å². The summed E-state index contributed by atoms with van der Waals surface area (Å²) < 4.78 is 0. The molecule has 0 aliphatic heterocycles. The van der Waals surface area contributed by atoms with Crippen LogP contribution in [-0.4, -0.2) is 12.8 Å². The van der Waals surface area contributed by atoms with Crippen molar-refractivity contribution in [1.82, 2.24) is 0 Å². The van der Waals surface area contributed by atoms with Crippen LogP contribution in [-0.2, 0) is 4.84 Å². The lowest BCUT2D eigenvalue weighted by Crippen LogP contribution is -2.07. The van der Waals surface area contributed by atoms with E-state index in [1.165, 1.54) is 56.9 Å². The molecule has 0 aromatic heterocycles. The van der Waals surface area contributed by atoms with E-state index in [1.807, 2.05) is 0 Å². The zero-order chi connectivity index (χ0) is 14.8. The number of hydrogen-bond donors (Lipinski definition) is 0. The minimum Gasteiger partial charge on any atom is -0.395 e. The van der Waals surface area contributed by atoms with Crippen LogP contribution in [0.25, 0.3) is 0 Å². The van der Waals surface area contributed by atoms with E-state index in [0.29, 0.717) is 12.5 Å². The van der Waals surface area contributed by atoms with Gasteiger partial charge in [0.05, 0.1) is 0 Å². The Balaban J connectivity index is 1.84. The highest BCUT2D eigenvalue weighted by Crippen LogP contribution is 2.33. The van der Waals surface area contributed by atoms with E-state index >= 15 is 0 Å². The van der Waals surface area contributed by atoms with Crippen LogP contribution >= 0.6 is 0 Å². The van der Waals surface area contributed by atoms with E-state index in [2.05, 4.69) is 42.6 Å². The maximum absolute atomic E-state index is 5.34. The van der Waals surface area contributed by atoms with Crippen LogP contribution in [0.5, 0.6) is 0 Å². The fourth-order valence-electron chi connectivity index (χ4n) is 3.09. The van der Waals surface area contributed by atoms with E-state index in [-0.39, 0.29) is 0 Å². The van der Waals surface area contributed by atoms with Crippen molar-refractivity contribution in [1.29, 1.82) is 0 Å². The molecule has 0 heterocycles. The van der Waals surface area contributed by atoms with Gasteiger partial charge in [-0.2, -0.15) is 0 Å². The third kappa shape index (κ3) is 5.53. The van der Waals surface area contributed by atoms with Gasteiger partial charge in [0, 0.05) is 5.56 Å². The lowest BCUT2D eigenvalue weighted by atomic mass is 9.82. The fourth-order valence-corrected chi connectivity index (χ4v) is 3.09. The van der Waals surface area contributed by atoms with Crippen molar-refractivity contribution in [3.8, 4) is 0 Å². The van der Waals surface area contributed by atoms with Gasteiger partial charge in [0.2, 0.25) is 0 Å². The number of nitrogens with zero attached hydrogens (tertiary/aromatic N) is 1. The van der Waals surface area contributed by atoms with Crippen LogP contribution in [0.4, 0.5) is 0 Å². The molecule has 1 aliphatic carbocycles. The van der Waals surface area contributed by atoms with Gasteiger partial charge in [-0.05, 0) is 37.2 Å². The molecule has 0 unspecified atom stereocenters. The van der Waals surface area contributed by atoms with E-state index in [9.17, 15) is 0 Å². The molecule has 0 spiro atoms. The highest BCUT2D eigenvalue weighted by molar-refractivity contribution is 5.81. The predicted molar refractivity (Wildman–Crippen MR) is 88.9 cm³/mol. The molecule has 0 saturated heterocycles. The Hall–Kier alpha value is -1.31. The summed E-state index contributed by atoms with van der Waals surface area (Å²) in [6.07, 6.45) is 14.6. The van der Waals surface area contributed by atoms with Crippen LogP contribution < -0.4 is 0 Å². The first-order valence-corrected chi connectivity index (χ1v) is 8.58. The van der Waals surface area contributed by atoms with Gasteiger partial charge >= 0.3 is 0 Å². The molecule has 0 atom stereocenters. The number of unbranched alkanes of at least 4 members (excludes halogenated alkanes) is 3. The van der Waals surface area contributed by atoms with E-state index in [0.717, 1.165) is 12.0 Å². The molecule has 0 bridgehead atoms. The molecular weight excluding hydrogens is 258 g/mol. The summed E-state index contributed by atoms with van der Waals surface area (Å²) in [4.78, 5) is 5.34. The van der Waals surface area contributed by atoms with E-state index < -0.39 is 0 Å². The molecule has 1 aromatic rings. The first kappa shape index (κ1) is 16.1. The number of benzene rings is 1. The Morgan fingerprint density at radius 1 is 1.10 bits per heavy atom. The van der Waals surface area contributed by atoms with Gasteiger partial charge in [-0.3, -0.25) is 0 Å². The van der Waals surface area contributed by atoms with Crippen LogP contribution in [0.2, 0.25) is 0 Å². The first-order valence-electron chi connectivity index (χ1n) is 8.58. The molecule has 2 heteroatoms. The van der Waals surface area contributed by atoms with Crippen molar-refractivity contribution >= 4 is 6.21 Å². The molecule has 1 aliphatic rings. The molecular formula is C19H28NO. The molecule has 1 aromatic carbocycles. The standard InChI is InChI=1S/C19H28NO/c1-2-3-4-10-15-21-20-16-18-13-8-9-14-19(18)17-11-6-5-7-12-17/h8-9,13-14,17H,2-7,10-12,15H2,1H3. The van der Waals surface area contributed by atoms with Crippen LogP contribution in [0.1, 0.15) is 81.8 Å². The Morgan fingerprint density at radius 3 is 2.71 bits per heavy atom. The van der Waals surface area contributed by atoms with Gasteiger partial charge in [-0.15, -0.1) is 0 Å². The van der Waals surface area contributed by atoms with E-state index in [1.54, 1.807) is 0 Å². The number of hydrogen-bond acceptors (Lipinski definition) is 2. The summed E-state index contributed by atoms with van der Waals surface area (Å²) in [7, 11) is 0. The normalized spacial score (nSPS) is 16.4. The molecule has 2 rings (SSSR count). The molecule has 1 saturated carbocycles. The minimum atomic E-state index is 0.683. The van der Waals surface area contributed by atoms with Gasteiger partial charge in [-0.1, -0.05) is 68.4 Å². The highest BCUT2D eigenvalue weighted by atomic mass is 16.6. The third-order valence-electron chi connectivity index (χ3n) is 4.33. The maximum atomic E-state index is 5.34. The van der Waals surface area contributed by atoms with Crippen molar-refractivity contribution in [2.75, 3.05) is 6.61 Å². The Kier molecular flexibility index (Phi) is 7.34. The van der Waals surface area contributed by atoms with Gasteiger partial charge in [-0.25, -0.2) is 0 Å². The van der Waals surface area contributed by atoms with Crippen molar-refractivity contribution in [2.45, 2.75) is 70.6 Å². The van der Waals surface area contributed by atoms with Gasteiger partial charge in [0.1, 0.15) is 12.8 Å². The number of rotatable bonds is 8. The second-order valence-corrected chi connectivity index (χ2v) is 6.02. The Morgan fingerprint density at radius 2 is 1.90 bits per heavy atom. The topological polar surface area (TPSA) is 21.6 Å². The quantitative estimate of drug-likeness (QED) is 0.349. The van der Waals surface area contributed by atoms with E-state index in [4.69, 9.17) is 4.84 Å². The lowest BCUT2D eigenvalue weighted by molar-refractivity contribution is 0.141. The average molecular weight is 286 g/mol. The summed E-state index contributed by atoms with van der Waals surface area (Å²) in [6, 6.07) is 8.52. The van der Waals surface area contributed by atoms with Crippen LogP contribution in [0.15, 0.2) is 29.4 Å². The summed E-state index contributed by atoms with van der Waals surface area (Å²) in [5, 5.41) is 4.04. The molecule has 0 amide bonds. The van der Waals surface area contributed by atoms with Crippen molar-refractivity contribution in [3.05, 3.63) is 35.4 Å². The largest absolute Gasteiger partial charge is 0.395 e. The SMILES string of the molecule is CCCCCCO/N=[C]/c1ccccc1C1CCCCC1. The van der Waals surface area contributed by atoms with Gasteiger partial charge in [0.25, 0.3) is 0 Å². The van der Waals surface area contributed by atoms with Crippen LogP contribution in [0, 0.1) is 0 Å². The van der Waals surface area contributed by atoms with Crippen molar-refractivity contribution in [2.24, 2.45) is 5.16 Å². The zero-order valence-electron chi connectivity index (χ0n) is 13.3. The van der Waals surface area contributed by atoms with Gasteiger partial charge in [0.15, 0.2) is 0 Å². The summed E-state index contributed by atoms with van der Waals surface area (Å²) in [5.41, 5.74) is 2.51. The third-order valence-corrected chi connectivity index (χ3v) is 4.33. The van der Waals surface area contributed by atoms with Crippen LogP contribution in [0.3, 0.4) is 0 Å². The average Bonchev–Trinajstić information content (AvgIpc) is 2.55. The maximum Gasteiger partial charge on any atom is 0.139 e. The summed E-state index contributed by atoms with van der Waals surface area (Å²) >= 11 is 0. The molecule has 0 N–H and O–H groups in total. The first-order chi connectivity index (χ1) is 10.4. The summed E-state index contributed by atoms with van der Waals surface area (Å²) in [5.74, 6) is 0.683. The minimum absolute atomic E-state index is 0.683. The highest BCUT2D eigenvalue weighted by Gasteiger charge is 2.17. The molecule has 2 nitrogen and oxygen atoms in total. The zero-order valence-corrected chi connectivity index (χ0v) is 13.3. The second kappa shape index (κ2) is 9.59. The fraction of sp³-hybridized carbons (Fsp3) is 0.632. The monoisotopic (exact) mass is 286 g/mol. The molecule has 1 fully saturated rings.